The number of hydrogen-bond acceptors (Lipinski definition) is 6. The van der Waals surface area contributed by atoms with Crippen LogP contribution in [0.3, 0.4) is 0 Å². The smallest absolute Gasteiger partial charge is 0.347 e. The van der Waals surface area contributed by atoms with Crippen LogP contribution in [0.4, 0.5) is 4.79 Å². The number of amides is 3. The highest BCUT2D eigenvalue weighted by atomic mass is 32.2. The summed E-state index contributed by atoms with van der Waals surface area (Å²) in [5.74, 6) is -1.12. The number of pyridine rings is 1. The molecule has 0 unspecified atom stereocenters. The summed E-state index contributed by atoms with van der Waals surface area (Å²) in [6, 6.07) is 4.50. The Kier molecular flexibility index (Phi) is 3.37. The first-order chi connectivity index (χ1) is 10.8. The summed E-state index contributed by atoms with van der Waals surface area (Å²) < 4.78 is 25.8. The maximum Gasteiger partial charge on any atom is 0.347 e. The number of phenols is 1. The van der Waals surface area contributed by atoms with E-state index in [-0.39, 0.29) is 27.3 Å². The van der Waals surface area contributed by atoms with E-state index in [1.165, 1.54) is 37.4 Å². The monoisotopic (exact) mass is 333 g/mol. The van der Waals surface area contributed by atoms with Crippen molar-refractivity contribution in [2.45, 2.75) is 17.1 Å². The van der Waals surface area contributed by atoms with Crippen LogP contribution in [0.25, 0.3) is 10.9 Å². The summed E-state index contributed by atoms with van der Waals surface area (Å²) >= 11 is 0. The van der Waals surface area contributed by atoms with E-state index in [1.807, 2.05) is 5.32 Å². The fourth-order valence-corrected chi connectivity index (χ4v) is 4.30. The Morgan fingerprint density at radius 2 is 1.96 bits per heavy atom. The molecule has 1 aliphatic heterocycles. The van der Waals surface area contributed by atoms with Gasteiger partial charge in [-0.15, -0.1) is 0 Å². The Labute approximate surface area is 130 Å². The molecule has 2 N–H and O–H groups in total. The number of phenolic OH excluding ortho intramolecular Hbond substituents is 1. The maximum atomic E-state index is 12.9. The number of fused-ring (bicyclic) bond motifs is 1. The van der Waals surface area contributed by atoms with E-state index in [2.05, 4.69) is 9.98 Å². The first-order valence-electron chi connectivity index (χ1n) is 6.53. The number of rotatable bonds is 2. The van der Waals surface area contributed by atoms with E-state index in [4.69, 9.17) is 0 Å². The van der Waals surface area contributed by atoms with Gasteiger partial charge in [-0.3, -0.25) is 15.1 Å². The Balaban J connectivity index is 2.26. The molecule has 0 saturated carbocycles. The number of aromatic hydroxyl groups is 1. The molecule has 1 aromatic heterocycles. The van der Waals surface area contributed by atoms with Crippen LogP contribution in [-0.2, 0) is 14.6 Å². The molecule has 3 rings (SSSR count). The molecule has 23 heavy (non-hydrogen) atoms. The topological polar surface area (TPSA) is 126 Å². The quantitative estimate of drug-likeness (QED) is 0.837. The summed E-state index contributed by atoms with van der Waals surface area (Å²) in [5, 5.41) is 10.3. The highest BCUT2D eigenvalue weighted by molar-refractivity contribution is 7.93. The van der Waals surface area contributed by atoms with Gasteiger partial charge in [0.15, 0.2) is 15.1 Å². The van der Waals surface area contributed by atoms with Gasteiger partial charge < -0.3 is 5.11 Å². The zero-order valence-electron chi connectivity index (χ0n) is 11.8. The summed E-state index contributed by atoms with van der Waals surface area (Å²) in [5.41, 5.74) is -0.000624. The molecule has 118 valence electrons. The third-order valence-corrected chi connectivity index (χ3v) is 5.60. The first-order valence-corrected chi connectivity index (χ1v) is 8.07. The summed E-state index contributed by atoms with van der Waals surface area (Å²) in [7, 11) is -4.17. The lowest BCUT2D eigenvalue weighted by Crippen LogP contribution is -2.49. The van der Waals surface area contributed by atoms with E-state index in [9.17, 15) is 23.1 Å². The largest absolute Gasteiger partial charge is 0.506 e. The molecule has 8 nitrogen and oxygen atoms in total. The van der Waals surface area contributed by atoms with Crippen molar-refractivity contribution in [1.29, 1.82) is 0 Å². The Morgan fingerprint density at radius 3 is 2.65 bits per heavy atom. The number of sulfone groups is 1. The minimum absolute atomic E-state index is 0.107. The fourth-order valence-electron chi connectivity index (χ4n) is 2.48. The number of imide groups is 1. The Hall–Kier alpha value is -2.81. The van der Waals surface area contributed by atoms with Gasteiger partial charge in [-0.05, 0) is 31.2 Å². The van der Waals surface area contributed by atoms with Crippen LogP contribution in [0.5, 0.6) is 5.75 Å². The average Bonchev–Trinajstić information content (AvgIpc) is 2.46. The molecule has 9 heteroatoms. The number of carbonyl (C=O) groups is 2. The van der Waals surface area contributed by atoms with Gasteiger partial charge in [-0.1, -0.05) is 0 Å². The van der Waals surface area contributed by atoms with E-state index >= 15 is 0 Å². The average molecular weight is 333 g/mol. The number of nitrogens with one attached hydrogen (secondary N) is 1. The van der Waals surface area contributed by atoms with Crippen molar-refractivity contribution in [3.63, 3.8) is 0 Å². The van der Waals surface area contributed by atoms with Crippen molar-refractivity contribution in [2.75, 3.05) is 0 Å². The van der Waals surface area contributed by atoms with Crippen LogP contribution < -0.4 is 5.32 Å². The number of benzene rings is 1. The number of hydrogen-bond donors (Lipinski definition) is 2. The van der Waals surface area contributed by atoms with Crippen molar-refractivity contribution in [3.05, 3.63) is 30.5 Å². The molecule has 1 aromatic carbocycles. The predicted octanol–water partition coefficient (Wildman–Crippen LogP) is 0.793. The highest BCUT2D eigenvalue weighted by Gasteiger charge is 2.41. The third kappa shape index (κ3) is 2.34. The van der Waals surface area contributed by atoms with Gasteiger partial charge in [0.05, 0.1) is 4.90 Å². The van der Waals surface area contributed by atoms with Gasteiger partial charge in [0.25, 0.3) is 5.91 Å². The van der Waals surface area contributed by atoms with Gasteiger partial charge in [-0.2, -0.15) is 0 Å². The second-order valence-corrected chi connectivity index (χ2v) is 6.96. The standard InChI is InChI=1S/C14H11N3O5S/c1-7-12(13(19)17-14(20)16-7)23(21,22)10-5-4-9(18)11-8(10)3-2-6-15-11/h2-6,12,18H,1H3,(H,17,19,20)/t12-/m0/s1. The number of aromatic nitrogens is 1. The molecular weight excluding hydrogens is 322 g/mol. The highest BCUT2D eigenvalue weighted by Crippen LogP contribution is 2.31. The normalized spacial score (nSPS) is 18.7. The minimum atomic E-state index is -4.17. The van der Waals surface area contributed by atoms with Crippen LogP contribution in [0.2, 0.25) is 0 Å². The number of aliphatic imine (C=N–C) groups is 1. The molecule has 0 aliphatic carbocycles. The lowest BCUT2D eigenvalue weighted by molar-refractivity contribution is -0.118. The SMILES string of the molecule is CC1=NC(=O)NC(=O)[C@H]1S(=O)(=O)c1ccc(O)c2ncccc12. The van der Waals surface area contributed by atoms with Crippen molar-refractivity contribution in [3.8, 4) is 5.75 Å². The van der Waals surface area contributed by atoms with E-state index in [0.717, 1.165) is 0 Å². The fraction of sp³-hybridized carbons (Fsp3) is 0.143. The van der Waals surface area contributed by atoms with Crippen molar-refractivity contribution in [2.24, 2.45) is 4.99 Å². The number of nitrogens with zero attached hydrogens (tertiary/aromatic N) is 2. The zero-order chi connectivity index (χ0) is 16.8. The minimum Gasteiger partial charge on any atom is -0.506 e. The van der Waals surface area contributed by atoms with E-state index < -0.39 is 27.0 Å². The molecule has 3 amide bonds. The van der Waals surface area contributed by atoms with Gasteiger partial charge in [-0.25, -0.2) is 18.2 Å². The van der Waals surface area contributed by atoms with Crippen LogP contribution in [0.15, 0.2) is 40.4 Å². The van der Waals surface area contributed by atoms with Gasteiger partial charge in [0, 0.05) is 17.3 Å². The second-order valence-electron chi connectivity index (χ2n) is 4.96. The summed E-state index contributed by atoms with van der Waals surface area (Å²) in [6.07, 6.45) is 1.41. The summed E-state index contributed by atoms with van der Waals surface area (Å²) in [4.78, 5) is 30.5. The third-order valence-electron chi connectivity index (χ3n) is 3.45. The lowest BCUT2D eigenvalue weighted by atomic mass is 10.2. The Morgan fingerprint density at radius 1 is 1.22 bits per heavy atom. The zero-order valence-corrected chi connectivity index (χ0v) is 12.7. The second kappa shape index (κ2) is 5.13. The molecule has 1 aliphatic rings. The summed E-state index contributed by atoms with van der Waals surface area (Å²) in [6.45, 7) is 1.31. The molecule has 0 radical (unpaired) electrons. The molecule has 0 saturated heterocycles. The van der Waals surface area contributed by atoms with Crippen LogP contribution in [-0.4, -0.2) is 41.4 Å². The van der Waals surface area contributed by atoms with E-state index in [0.29, 0.717) is 0 Å². The van der Waals surface area contributed by atoms with E-state index in [1.54, 1.807) is 0 Å². The molecular formula is C14H11N3O5S. The molecule has 0 spiro atoms. The molecule has 2 aromatic rings. The number of carbonyl (C=O) groups excluding carboxylic acids is 2. The van der Waals surface area contributed by atoms with Gasteiger partial charge in [0.2, 0.25) is 0 Å². The van der Waals surface area contributed by atoms with Gasteiger partial charge >= 0.3 is 6.03 Å². The maximum absolute atomic E-state index is 12.9. The van der Waals surface area contributed by atoms with Crippen molar-refractivity contribution < 1.29 is 23.1 Å². The van der Waals surface area contributed by atoms with Crippen LogP contribution >= 0.6 is 0 Å². The number of urea groups is 1. The van der Waals surface area contributed by atoms with Crippen LogP contribution in [0, 0.1) is 0 Å². The van der Waals surface area contributed by atoms with Crippen molar-refractivity contribution in [1.82, 2.24) is 10.3 Å². The lowest BCUT2D eigenvalue weighted by Gasteiger charge is -2.20. The van der Waals surface area contributed by atoms with Crippen molar-refractivity contribution >= 4 is 38.4 Å². The predicted molar refractivity (Wildman–Crippen MR) is 81.0 cm³/mol. The molecule has 1 atom stereocenters. The first kappa shape index (κ1) is 15.1. The Bertz CT molecular complexity index is 981. The molecule has 2 heterocycles. The van der Waals surface area contributed by atoms with Crippen LogP contribution in [0.1, 0.15) is 6.92 Å². The molecule has 0 bridgehead atoms. The molecule has 0 fully saturated rings. The van der Waals surface area contributed by atoms with Gasteiger partial charge in [0.1, 0.15) is 11.3 Å².